The van der Waals surface area contributed by atoms with Crippen LogP contribution < -0.4 is 5.32 Å². The molecule has 0 spiro atoms. The van der Waals surface area contributed by atoms with Crippen LogP contribution in [0.2, 0.25) is 0 Å². The molecule has 2 aliphatic heterocycles. The van der Waals surface area contributed by atoms with Gasteiger partial charge >= 0.3 is 6.03 Å². The van der Waals surface area contributed by atoms with Crippen LogP contribution in [-0.4, -0.2) is 41.2 Å². The largest absolute Gasteiger partial charge is 0.373 e. The molecule has 1 aromatic rings. The fourth-order valence-electron chi connectivity index (χ4n) is 3.47. The van der Waals surface area contributed by atoms with E-state index in [2.05, 4.69) is 31.1 Å². The van der Waals surface area contributed by atoms with Gasteiger partial charge in [0.2, 0.25) is 0 Å². The maximum absolute atomic E-state index is 12.6. The molecule has 2 bridgehead atoms. The summed E-state index contributed by atoms with van der Waals surface area (Å²) in [5, 5.41) is 4.29. The van der Waals surface area contributed by atoms with Crippen LogP contribution in [-0.2, 0) is 4.74 Å². The van der Waals surface area contributed by atoms with Crippen LogP contribution in [0, 0.1) is 6.92 Å². The van der Waals surface area contributed by atoms with Crippen molar-refractivity contribution < 1.29 is 9.53 Å². The molecule has 0 unspecified atom stereocenters. The second-order valence-electron chi connectivity index (χ2n) is 7.11. The number of hydrogen-bond donors (Lipinski definition) is 1. The maximum Gasteiger partial charge on any atom is 0.317 e. The molecular weight excluding hydrogens is 310 g/mol. The Morgan fingerprint density at radius 2 is 2.13 bits per heavy atom. The van der Waals surface area contributed by atoms with Gasteiger partial charge in [-0.15, -0.1) is 11.3 Å². The molecule has 6 heteroatoms. The lowest BCUT2D eigenvalue weighted by molar-refractivity contribution is 0.0969. The highest BCUT2D eigenvalue weighted by atomic mass is 32.1. The summed E-state index contributed by atoms with van der Waals surface area (Å²) < 4.78 is 5.82. The van der Waals surface area contributed by atoms with Gasteiger partial charge in [-0.05, 0) is 33.1 Å². The molecule has 3 rings (SSSR count). The van der Waals surface area contributed by atoms with Crippen LogP contribution in [0.15, 0.2) is 0 Å². The molecule has 0 aliphatic carbocycles. The minimum Gasteiger partial charge on any atom is -0.373 e. The zero-order valence-corrected chi connectivity index (χ0v) is 15.4. The number of aromatic nitrogens is 1. The van der Waals surface area contributed by atoms with Crippen molar-refractivity contribution in [2.75, 3.05) is 7.05 Å². The lowest BCUT2D eigenvalue weighted by Gasteiger charge is -2.28. The average Bonchev–Trinajstić information content (AvgIpc) is 3.20. The van der Waals surface area contributed by atoms with Gasteiger partial charge in [-0.3, -0.25) is 0 Å². The molecule has 0 aromatic carbocycles. The number of hydrogen-bond acceptors (Lipinski definition) is 4. The quantitative estimate of drug-likeness (QED) is 0.913. The Bertz CT molecular complexity index is 586. The molecule has 2 saturated heterocycles. The van der Waals surface area contributed by atoms with Crippen LogP contribution in [0.4, 0.5) is 4.79 Å². The van der Waals surface area contributed by atoms with Crippen molar-refractivity contribution >= 4 is 17.4 Å². The van der Waals surface area contributed by atoms with Crippen molar-refractivity contribution in [2.24, 2.45) is 0 Å². The SMILES string of the molecule is Cc1nc(C(C)C)sc1[C@@H](C)N(C)C(=O)N[C@H]1C[C@H]2CC[C@H]1O2. The summed E-state index contributed by atoms with van der Waals surface area (Å²) in [6.45, 7) is 8.40. The van der Waals surface area contributed by atoms with Gasteiger partial charge in [-0.25, -0.2) is 9.78 Å². The summed E-state index contributed by atoms with van der Waals surface area (Å²) >= 11 is 1.72. The third-order valence-electron chi connectivity index (χ3n) is 5.04. The Morgan fingerprint density at radius 3 is 2.65 bits per heavy atom. The minimum absolute atomic E-state index is 0.0162. The zero-order chi connectivity index (χ0) is 16.7. The van der Waals surface area contributed by atoms with Crippen LogP contribution in [0.3, 0.4) is 0 Å². The number of ether oxygens (including phenoxy) is 1. The molecule has 5 nitrogen and oxygen atoms in total. The van der Waals surface area contributed by atoms with Crippen molar-refractivity contribution in [1.82, 2.24) is 15.2 Å². The van der Waals surface area contributed by atoms with E-state index < -0.39 is 0 Å². The van der Waals surface area contributed by atoms with E-state index >= 15 is 0 Å². The summed E-state index contributed by atoms with van der Waals surface area (Å²) in [7, 11) is 1.86. The van der Waals surface area contributed by atoms with E-state index in [1.54, 1.807) is 16.2 Å². The first kappa shape index (κ1) is 16.7. The molecule has 2 amide bonds. The Labute approximate surface area is 142 Å². The number of amides is 2. The smallest absolute Gasteiger partial charge is 0.317 e. The molecule has 1 N–H and O–H groups in total. The van der Waals surface area contributed by atoms with E-state index in [1.807, 2.05) is 14.0 Å². The number of thiazole rings is 1. The number of rotatable bonds is 4. The number of nitrogens with zero attached hydrogens (tertiary/aromatic N) is 2. The van der Waals surface area contributed by atoms with Gasteiger partial charge in [0.25, 0.3) is 0 Å². The van der Waals surface area contributed by atoms with E-state index in [1.165, 1.54) is 4.88 Å². The summed E-state index contributed by atoms with van der Waals surface area (Å²) in [6.07, 6.45) is 3.73. The number of nitrogens with one attached hydrogen (secondary N) is 1. The molecule has 2 aliphatic rings. The standard InChI is InChI=1S/C17H27N3O2S/c1-9(2)16-18-10(3)15(23-16)11(4)20(5)17(21)19-13-8-12-6-7-14(13)22-12/h9,11-14H,6-8H2,1-5H3,(H,19,21)/t11-,12-,13+,14-/m1/s1. The van der Waals surface area contributed by atoms with Crippen LogP contribution in [0.25, 0.3) is 0 Å². The van der Waals surface area contributed by atoms with Gasteiger partial charge in [-0.1, -0.05) is 13.8 Å². The lowest BCUT2D eigenvalue weighted by Crippen LogP contribution is -2.47. The second kappa shape index (κ2) is 6.40. The van der Waals surface area contributed by atoms with E-state index in [4.69, 9.17) is 4.74 Å². The Kier molecular flexibility index (Phi) is 4.65. The fraction of sp³-hybridized carbons (Fsp3) is 0.765. The van der Waals surface area contributed by atoms with Gasteiger partial charge in [0.05, 0.1) is 35.0 Å². The molecule has 23 heavy (non-hydrogen) atoms. The van der Waals surface area contributed by atoms with Gasteiger partial charge in [0.15, 0.2) is 0 Å². The molecule has 0 radical (unpaired) electrons. The van der Waals surface area contributed by atoms with E-state index in [-0.39, 0.29) is 24.2 Å². The molecule has 0 saturated carbocycles. The molecule has 4 atom stereocenters. The number of urea groups is 1. The number of fused-ring (bicyclic) bond motifs is 2. The van der Waals surface area contributed by atoms with Crippen molar-refractivity contribution in [3.63, 3.8) is 0 Å². The van der Waals surface area contributed by atoms with Crippen molar-refractivity contribution in [3.8, 4) is 0 Å². The van der Waals surface area contributed by atoms with Gasteiger partial charge in [0, 0.05) is 17.8 Å². The topological polar surface area (TPSA) is 54.5 Å². The summed E-state index contributed by atoms with van der Waals surface area (Å²) in [4.78, 5) is 20.2. The van der Waals surface area contributed by atoms with Crippen molar-refractivity contribution in [3.05, 3.63) is 15.6 Å². The second-order valence-corrected chi connectivity index (χ2v) is 8.17. The third kappa shape index (κ3) is 3.24. The molecule has 2 fully saturated rings. The highest BCUT2D eigenvalue weighted by Crippen LogP contribution is 2.35. The average molecular weight is 337 g/mol. The van der Waals surface area contributed by atoms with Crippen LogP contribution >= 0.6 is 11.3 Å². The maximum atomic E-state index is 12.6. The highest BCUT2D eigenvalue weighted by Gasteiger charge is 2.42. The highest BCUT2D eigenvalue weighted by molar-refractivity contribution is 7.11. The Hall–Kier alpha value is -1.14. The fourth-order valence-corrected chi connectivity index (χ4v) is 4.63. The number of carbonyl (C=O) groups is 1. The summed E-state index contributed by atoms with van der Waals surface area (Å²) in [5.74, 6) is 0.421. The molecule has 3 heterocycles. The molecule has 128 valence electrons. The first-order valence-corrected chi connectivity index (χ1v) is 9.34. The van der Waals surface area contributed by atoms with Crippen LogP contribution in [0.5, 0.6) is 0 Å². The van der Waals surface area contributed by atoms with Crippen molar-refractivity contribution in [1.29, 1.82) is 0 Å². The van der Waals surface area contributed by atoms with Gasteiger partial charge in [-0.2, -0.15) is 0 Å². The zero-order valence-electron chi connectivity index (χ0n) is 14.6. The first-order valence-electron chi connectivity index (χ1n) is 8.52. The van der Waals surface area contributed by atoms with E-state index in [0.717, 1.165) is 30.0 Å². The summed E-state index contributed by atoms with van der Waals surface area (Å²) in [5.41, 5.74) is 1.04. The monoisotopic (exact) mass is 337 g/mol. The van der Waals surface area contributed by atoms with E-state index in [0.29, 0.717) is 12.0 Å². The Morgan fingerprint density at radius 1 is 1.39 bits per heavy atom. The minimum atomic E-state index is -0.0162. The predicted octanol–water partition coefficient (Wildman–Crippen LogP) is 3.60. The van der Waals surface area contributed by atoms with E-state index in [9.17, 15) is 4.79 Å². The Balaban J connectivity index is 1.64. The van der Waals surface area contributed by atoms with Crippen LogP contribution in [0.1, 0.15) is 67.6 Å². The van der Waals surface area contributed by atoms with Gasteiger partial charge < -0.3 is 15.0 Å². The predicted molar refractivity (Wildman–Crippen MR) is 91.9 cm³/mol. The van der Waals surface area contributed by atoms with Gasteiger partial charge in [0.1, 0.15) is 0 Å². The molecular formula is C17H27N3O2S. The molecule has 1 aromatic heterocycles. The summed E-state index contributed by atoms with van der Waals surface area (Å²) in [6, 6.07) is 0.182. The lowest BCUT2D eigenvalue weighted by atomic mass is 9.96. The third-order valence-corrected chi connectivity index (χ3v) is 6.67. The number of aryl methyl sites for hydroxylation is 1. The normalized spacial score (nSPS) is 27.5. The van der Waals surface area contributed by atoms with Crippen molar-refractivity contribution in [2.45, 2.75) is 77.2 Å². The number of carbonyl (C=O) groups excluding carboxylic acids is 1. The first-order chi connectivity index (χ1) is 10.9.